The number of para-hydroxylation sites is 1. The van der Waals surface area contributed by atoms with Gasteiger partial charge in [-0.2, -0.15) is 0 Å². The van der Waals surface area contributed by atoms with Crippen LogP contribution in [0.1, 0.15) is 22.2 Å². The Balaban J connectivity index is 2.09. The number of hydrogen-bond donors (Lipinski definition) is 2. The molecule has 0 radical (unpaired) electrons. The topological polar surface area (TPSA) is 51.2 Å². The van der Waals surface area contributed by atoms with Crippen LogP contribution in [-0.2, 0) is 0 Å². The van der Waals surface area contributed by atoms with E-state index >= 15 is 0 Å². The number of hydrogen-bond acceptors (Lipinski definition) is 4. The number of nitrogens with two attached hydrogens (primary N) is 1. The largest absolute Gasteiger partial charge is 0.459 e. The van der Waals surface area contributed by atoms with Crippen LogP contribution in [0.25, 0.3) is 11.0 Å². The smallest absolute Gasteiger partial charge is 0.137 e. The molecule has 2 heterocycles. The Morgan fingerprint density at radius 1 is 1.30 bits per heavy atom. The van der Waals surface area contributed by atoms with Crippen LogP contribution in [0.5, 0.6) is 0 Å². The van der Waals surface area contributed by atoms with Crippen molar-refractivity contribution < 1.29 is 4.42 Å². The SMILES string of the molecule is Cc1cccc2cc(C(NN)c3cc(Br)c(Br)s3)oc12. The average Bonchev–Trinajstić information content (AvgIpc) is 2.97. The molecule has 3 nitrogen and oxygen atoms in total. The van der Waals surface area contributed by atoms with Gasteiger partial charge in [0.2, 0.25) is 0 Å². The molecule has 0 amide bonds. The van der Waals surface area contributed by atoms with Gasteiger partial charge in [0.05, 0.1) is 3.79 Å². The van der Waals surface area contributed by atoms with Crippen LogP contribution in [0.15, 0.2) is 43.0 Å². The minimum absolute atomic E-state index is 0.158. The Morgan fingerprint density at radius 3 is 2.70 bits per heavy atom. The quantitative estimate of drug-likeness (QED) is 0.473. The summed E-state index contributed by atoms with van der Waals surface area (Å²) in [5.74, 6) is 6.54. The molecular weight excluding hydrogens is 404 g/mol. The molecule has 0 aliphatic rings. The molecule has 3 aromatic rings. The van der Waals surface area contributed by atoms with E-state index in [1.165, 1.54) is 0 Å². The highest BCUT2D eigenvalue weighted by Crippen LogP contribution is 2.38. The third kappa shape index (κ3) is 2.46. The summed E-state index contributed by atoms with van der Waals surface area (Å²) in [6.45, 7) is 2.04. The van der Waals surface area contributed by atoms with E-state index in [2.05, 4.69) is 37.3 Å². The average molecular weight is 416 g/mol. The molecule has 0 aliphatic heterocycles. The zero-order valence-corrected chi connectivity index (χ0v) is 14.6. The summed E-state index contributed by atoms with van der Waals surface area (Å²) in [5.41, 5.74) is 4.87. The molecule has 0 fully saturated rings. The monoisotopic (exact) mass is 414 g/mol. The number of hydrazine groups is 1. The summed E-state index contributed by atoms with van der Waals surface area (Å²) in [4.78, 5) is 1.09. The lowest BCUT2D eigenvalue weighted by atomic mass is 10.1. The highest BCUT2D eigenvalue weighted by atomic mass is 79.9. The van der Waals surface area contributed by atoms with Gasteiger partial charge in [-0.15, -0.1) is 11.3 Å². The molecule has 3 N–H and O–H groups in total. The van der Waals surface area contributed by atoms with E-state index < -0.39 is 0 Å². The fourth-order valence-electron chi connectivity index (χ4n) is 2.18. The first-order valence-corrected chi connectivity index (χ1v) is 8.40. The summed E-state index contributed by atoms with van der Waals surface area (Å²) in [6.07, 6.45) is 0. The van der Waals surface area contributed by atoms with Crippen LogP contribution in [0.2, 0.25) is 0 Å². The maximum Gasteiger partial charge on any atom is 0.137 e. The van der Waals surface area contributed by atoms with Crippen LogP contribution < -0.4 is 11.3 Å². The van der Waals surface area contributed by atoms with Crippen LogP contribution in [0.4, 0.5) is 0 Å². The number of benzene rings is 1. The number of halogens is 2. The first-order chi connectivity index (χ1) is 9.60. The van der Waals surface area contributed by atoms with Crippen molar-refractivity contribution in [3.8, 4) is 0 Å². The molecule has 3 rings (SSSR count). The second-order valence-electron chi connectivity index (χ2n) is 4.51. The molecule has 1 unspecified atom stereocenters. The lowest BCUT2D eigenvalue weighted by molar-refractivity contribution is 0.480. The first kappa shape index (κ1) is 14.3. The summed E-state index contributed by atoms with van der Waals surface area (Å²) in [7, 11) is 0. The van der Waals surface area contributed by atoms with Crippen molar-refractivity contribution in [1.29, 1.82) is 0 Å². The van der Waals surface area contributed by atoms with Gasteiger partial charge in [0.1, 0.15) is 17.4 Å². The van der Waals surface area contributed by atoms with Crippen LogP contribution in [-0.4, -0.2) is 0 Å². The fraction of sp³-hybridized carbons (Fsp3) is 0.143. The Kier molecular flexibility index (Phi) is 4.01. The molecule has 0 aliphatic carbocycles. The van der Waals surface area contributed by atoms with E-state index in [0.717, 1.165) is 35.4 Å². The second-order valence-corrected chi connectivity index (χ2v) is 7.77. The van der Waals surface area contributed by atoms with Gasteiger partial charge >= 0.3 is 0 Å². The molecule has 0 bridgehead atoms. The van der Waals surface area contributed by atoms with Crippen molar-refractivity contribution in [3.63, 3.8) is 0 Å². The molecule has 0 saturated heterocycles. The van der Waals surface area contributed by atoms with Crippen molar-refractivity contribution in [1.82, 2.24) is 5.43 Å². The maximum atomic E-state index is 5.99. The third-order valence-electron chi connectivity index (χ3n) is 3.16. The van der Waals surface area contributed by atoms with E-state index in [9.17, 15) is 0 Å². The van der Waals surface area contributed by atoms with Gasteiger partial charge in [-0.1, -0.05) is 18.2 Å². The highest BCUT2D eigenvalue weighted by molar-refractivity contribution is 9.13. The molecule has 1 aromatic carbocycles. The molecule has 104 valence electrons. The van der Waals surface area contributed by atoms with Crippen molar-refractivity contribution in [3.05, 3.63) is 54.8 Å². The van der Waals surface area contributed by atoms with Crippen LogP contribution in [0, 0.1) is 6.92 Å². The Bertz CT molecular complexity index is 746. The molecule has 20 heavy (non-hydrogen) atoms. The van der Waals surface area contributed by atoms with E-state index in [-0.39, 0.29) is 6.04 Å². The van der Waals surface area contributed by atoms with Gasteiger partial charge in [-0.3, -0.25) is 5.84 Å². The number of fused-ring (bicyclic) bond motifs is 1. The van der Waals surface area contributed by atoms with Crippen molar-refractivity contribution >= 4 is 54.2 Å². The number of rotatable bonds is 3. The first-order valence-electron chi connectivity index (χ1n) is 6.00. The molecule has 6 heteroatoms. The summed E-state index contributed by atoms with van der Waals surface area (Å²) in [5, 5.41) is 1.09. The predicted molar refractivity (Wildman–Crippen MR) is 89.8 cm³/mol. The minimum atomic E-state index is -0.158. The second kappa shape index (κ2) is 5.61. The minimum Gasteiger partial charge on any atom is -0.459 e. The lowest BCUT2D eigenvalue weighted by Gasteiger charge is -2.10. The number of thiophene rings is 1. The molecule has 0 saturated carbocycles. The normalized spacial score (nSPS) is 13.0. The maximum absolute atomic E-state index is 5.99. The number of aryl methyl sites for hydroxylation is 1. The third-order valence-corrected chi connectivity index (χ3v) is 6.48. The predicted octanol–water partition coefficient (Wildman–Crippen LogP) is 4.88. The zero-order chi connectivity index (χ0) is 14.3. The van der Waals surface area contributed by atoms with Crippen LogP contribution >= 0.6 is 43.2 Å². The Labute approximate surface area is 137 Å². The fourth-order valence-corrected chi connectivity index (χ4v) is 4.34. The molecule has 2 aromatic heterocycles. The van der Waals surface area contributed by atoms with Gasteiger partial charge in [0, 0.05) is 14.7 Å². The Hall–Kier alpha value is -0.660. The molecular formula is C14H12Br2N2OS. The highest BCUT2D eigenvalue weighted by Gasteiger charge is 2.20. The summed E-state index contributed by atoms with van der Waals surface area (Å²) in [6, 6.07) is 10.0. The summed E-state index contributed by atoms with van der Waals surface area (Å²) < 4.78 is 8.05. The van der Waals surface area contributed by atoms with Gasteiger partial charge in [0.25, 0.3) is 0 Å². The van der Waals surface area contributed by atoms with Crippen molar-refractivity contribution in [2.24, 2.45) is 5.84 Å². The number of nitrogens with one attached hydrogen (secondary N) is 1. The van der Waals surface area contributed by atoms with Crippen LogP contribution in [0.3, 0.4) is 0 Å². The van der Waals surface area contributed by atoms with E-state index in [1.54, 1.807) is 11.3 Å². The van der Waals surface area contributed by atoms with Gasteiger partial charge in [-0.05, 0) is 56.5 Å². The van der Waals surface area contributed by atoms with Gasteiger partial charge in [0.15, 0.2) is 0 Å². The number of furan rings is 1. The van der Waals surface area contributed by atoms with E-state index in [1.807, 2.05) is 37.3 Å². The zero-order valence-electron chi connectivity index (χ0n) is 10.6. The van der Waals surface area contributed by atoms with Crippen molar-refractivity contribution in [2.75, 3.05) is 0 Å². The van der Waals surface area contributed by atoms with E-state index in [4.69, 9.17) is 10.3 Å². The standard InChI is InChI=1S/C14H12Br2N2OS/c1-7-3-2-4-8-5-10(19-13(7)8)12(18-17)11-6-9(15)14(16)20-11/h2-6,12,18H,17H2,1H3. The van der Waals surface area contributed by atoms with E-state index in [0.29, 0.717) is 0 Å². The van der Waals surface area contributed by atoms with Crippen molar-refractivity contribution in [2.45, 2.75) is 13.0 Å². The summed E-state index contributed by atoms with van der Waals surface area (Å²) >= 11 is 8.62. The Morgan fingerprint density at radius 2 is 2.10 bits per heavy atom. The lowest BCUT2D eigenvalue weighted by Crippen LogP contribution is -2.27. The molecule has 0 spiro atoms. The van der Waals surface area contributed by atoms with Gasteiger partial charge < -0.3 is 4.42 Å². The molecule has 1 atom stereocenters. The van der Waals surface area contributed by atoms with Gasteiger partial charge in [-0.25, -0.2) is 5.43 Å².